The Balaban J connectivity index is 2.06. The number of hydrogen-bond acceptors (Lipinski definition) is 3. The molecule has 0 fully saturated rings. The minimum Gasteiger partial charge on any atom is -0.395 e. The molecule has 0 saturated carbocycles. The molecule has 0 aromatic heterocycles. The summed E-state index contributed by atoms with van der Waals surface area (Å²) in [6.07, 6.45) is 0.782. The summed E-state index contributed by atoms with van der Waals surface area (Å²) in [6.45, 7) is 3.72. The van der Waals surface area contributed by atoms with E-state index in [1.165, 1.54) is 5.56 Å². The van der Waals surface area contributed by atoms with Crippen molar-refractivity contribution in [2.45, 2.75) is 13.3 Å². The van der Waals surface area contributed by atoms with Gasteiger partial charge in [0.05, 0.1) is 12.5 Å². The fourth-order valence-electron chi connectivity index (χ4n) is 2.42. The van der Waals surface area contributed by atoms with Crippen molar-refractivity contribution in [3.8, 4) is 0 Å². The van der Waals surface area contributed by atoms with Gasteiger partial charge in [0, 0.05) is 25.3 Å². The Morgan fingerprint density at radius 3 is 3.00 bits per heavy atom. The minimum atomic E-state index is -0.0219. The standard InChI is InChI=1S/C14H20N2O2/c1-2-16(7-8-17)14(18)12-9-11-5-3-4-6-13(11)15-10-12/h3-6,12,15,17H,2,7-10H2,1H3. The van der Waals surface area contributed by atoms with Gasteiger partial charge in [0.2, 0.25) is 5.91 Å². The van der Waals surface area contributed by atoms with Crippen LogP contribution in [-0.4, -0.2) is 42.2 Å². The van der Waals surface area contributed by atoms with Crippen LogP contribution in [0.1, 0.15) is 12.5 Å². The van der Waals surface area contributed by atoms with Gasteiger partial charge in [-0.05, 0) is 25.0 Å². The van der Waals surface area contributed by atoms with Crippen LogP contribution in [0.3, 0.4) is 0 Å². The molecular weight excluding hydrogens is 228 g/mol. The number of fused-ring (bicyclic) bond motifs is 1. The number of likely N-dealkylation sites (N-methyl/N-ethyl adjacent to an activating group) is 1. The van der Waals surface area contributed by atoms with E-state index in [9.17, 15) is 4.79 Å². The molecule has 0 radical (unpaired) electrons. The number of benzene rings is 1. The van der Waals surface area contributed by atoms with Gasteiger partial charge in [-0.25, -0.2) is 0 Å². The first-order valence-electron chi connectivity index (χ1n) is 6.47. The predicted molar refractivity (Wildman–Crippen MR) is 71.5 cm³/mol. The molecule has 4 nitrogen and oxygen atoms in total. The molecule has 1 unspecified atom stereocenters. The quantitative estimate of drug-likeness (QED) is 0.839. The number of aliphatic hydroxyl groups is 1. The van der Waals surface area contributed by atoms with Gasteiger partial charge >= 0.3 is 0 Å². The van der Waals surface area contributed by atoms with Crippen molar-refractivity contribution in [1.82, 2.24) is 4.90 Å². The SMILES string of the molecule is CCN(CCO)C(=O)C1CNc2ccccc2C1. The van der Waals surface area contributed by atoms with Crippen LogP contribution < -0.4 is 5.32 Å². The van der Waals surface area contributed by atoms with Crippen LogP contribution in [0.25, 0.3) is 0 Å². The van der Waals surface area contributed by atoms with E-state index in [1.54, 1.807) is 4.90 Å². The third-order valence-corrected chi connectivity index (χ3v) is 3.44. The predicted octanol–water partition coefficient (Wildman–Crippen LogP) is 1.11. The summed E-state index contributed by atoms with van der Waals surface area (Å²) in [4.78, 5) is 14.0. The zero-order valence-corrected chi connectivity index (χ0v) is 10.7. The normalized spacial score (nSPS) is 17.8. The summed E-state index contributed by atoms with van der Waals surface area (Å²) in [7, 11) is 0. The Morgan fingerprint density at radius 2 is 2.28 bits per heavy atom. The summed E-state index contributed by atoms with van der Waals surface area (Å²) >= 11 is 0. The average molecular weight is 248 g/mol. The summed E-state index contributed by atoms with van der Waals surface area (Å²) in [5, 5.41) is 12.3. The lowest BCUT2D eigenvalue weighted by molar-refractivity contribution is -0.135. The van der Waals surface area contributed by atoms with Crippen LogP contribution in [0.15, 0.2) is 24.3 Å². The number of nitrogens with one attached hydrogen (secondary N) is 1. The largest absolute Gasteiger partial charge is 0.395 e. The minimum absolute atomic E-state index is 0.0219. The third kappa shape index (κ3) is 2.64. The second-order valence-corrected chi connectivity index (χ2v) is 4.58. The van der Waals surface area contributed by atoms with Gasteiger partial charge in [0.1, 0.15) is 0 Å². The molecule has 2 N–H and O–H groups in total. The molecule has 0 aliphatic carbocycles. The van der Waals surface area contributed by atoms with Gasteiger partial charge in [-0.2, -0.15) is 0 Å². The molecule has 1 aromatic carbocycles. The number of nitrogens with zero attached hydrogens (tertiary/aromatic N) is 1. The lowest BCUT2D eigenvalue weighted by Gasteiger charge is -2.30. The molecule has 1 atom stereocenters. The number of aliphatic hydroxyl groups excluding tert-OH is 1. The first-order valence-corrected chi connectivity index (χ1v) is 6.47. The van der Waals surface area contributed by atoms with Crippen LogP contribution >= 0.6 is 0 Å². The van der Waals surface area contributed by atoms with Crippen LogP contribution in [0, 0.1) is 5.92 Å². The Kier molecular flexibility index (Phi) is 4.20. The summed E-state index contributed by atoms with van der Waals surface area (Å²) in [5.41, 5.74) is 2.33. The zero-order valence-electron chi connectivity index (χ0n) is 10.7. The Hall–Kier alpha value is -1.55. The van der Waals surface area contributed by atoms with Crippen molar-refractivity contribution in [3.63, 3.8) is 0 Å². The van der Waals surface area contributed by atoms with Gasteiger partial charge in [0.25, 0.3) is 0 Å². The Morgan fingerprint density at radius 1 is 1.50 bits per heavy atom. The molecule has 1 aliphatic rings. The van der Waals surface area contributed by atoms with E-state index in [1.807, 2.05) is 25.1 Å². The van der Waals surface area contributed by atoms with Crippen molar-refractivity contribution < 1.29 is 9.90 Å². The molecule has 1 heterocycles. The highest BCUT2D eigenvalue weighted by atomic mass is 16.3. The summed E-state index contributed by atoms with van der Waals surface area (Å²) < 4.78 is 0. The smallest absolute Gasteiger partial charge is 0.227 e. The Labute approximate surface area is 108 Å². The molecule has 98 valence electrons. The van der Waals surface area contributed by atoms with Crippen LogP contribution in [0.5, 0.6) is 0 Å². The number of hydrogen-bond donors (Lipinski definition) is 2. The van der Waals surface area contributed by atoms with Crippen molar-refractivity contribution in [2.75, 3.05) is 31.6 Å². The first kappa shape index (κ1) is 12.9. The monoisotopic (exact) mass is 248 g/mol. The van der Waals surface area contributed by atoms with Gasteiger partial charge in [0.15, 0.2) is 0 Å². The highest BCUT2D eigenvalue weighted by Crippen LogP contribution is 2.25. The molecule has 2 rings (SSSR count). The van der Waals surface area contributed by atoms with Crippen molar-refractivity contribution in [2.24, 2.45) is 5.92 Å². The number of amides is 1. The van der Waals surface area contributed by atoms with E-state index in [2.05, 4.69) is 11.4 Å². The maximum atomic E-state index is 12.3. The maximum Gasteiger partial charge on any atom is 0.227 e. The van der Waals surface area contributed by atoms with Crippen LogP contribution in [-0.2, 0) is 11.2 Å². The zero-order chi connectivity index (χ0) is 13.0. The summed E-state index contributed by atoms with van der Waals surface area (Å²) in [6, 6.07) is 8.10. The Bertz CT molecular complexity index is 420. The molecule has 1 aliphatic heterocycles. The number of para-hydroxylation sites is 1. The third-order valence-electron chi connectivity index (χ3n) is 3.44. The van der Waals surface area contributed by atoms with E-state index in [4.69, 9.17) is 5.11 Å². The van der Waals surface area contributed by atoms with E-state index in [0.717, 1.165) is 12.1 Å². The number of rotatable bonds is 4. The van der Waals surface area contributed by atoms with Crippen LogP contribution in [0.2, 0.25) is 0 Å². The average Bonchev–Trinajstić information content (AvgIpc) is 2.43. The van der Waals surface area contributed by atoms with Gasteiger partial charge < -0.3 is 15.3 Å². The van der Waals surface area contributed by atoms with Gasteiger partial charge in [-0.1, -0.05) is 18.2 Å². The molecule has 1 amide bonds. The van der Waals surface area contributed by atoms with E-state index in [0.29, 0.717) is 19.6 Å². The summed E-state index contributed by atoms with van der Waals surface area (Å²) in [5.74, 6) is 0.111. The fourth-order valence-corrected chi connectivity index (χ4v) is 2.42. The molecule has 0 spiro atoms. The van der Waals surface area contributed by atoms with Crippen molar-refractivity contribution >= 4 is 11.6 Å². The highest BCUT2D eigenvalue weighted by molar-refractivity contribution is 5.81. The number of anilines is 1. The molecule has 0 bridgehead atoms. The van der Waals surface area contributed by atoms with Crippen molar-refractivity contribution in [3.05, 3.63) is 29.8 Å². The second kappa shape index (κ2) is 5.87. The van der Waals surface area contributed by atoms with Gasteiger partial charge in [-0.15, -0.1) is 0 Å². The fraction of sp³-hybridized carbons (Fsp3) is 0.500. The van der Waals surface area contributed by atoms with E-state index < -0.39 is 0 Å². The van der Waals surface area contributed by atoms with Gasteiger partial charge in [-0.3, -0.25) is 4.79 Å². The number of carbonyl (C=O) groups is 1. The second-order valence-electron chi connectivity index (χ2n) is 4.58. The molecule has 1 aromatic rings. The lowest BCUT2D eigenvalue weighted by Crippen LogP contribution is -2.42. The van der Waals surface area contributed by atoms with Crippen LogP contribution in [0.4, 0.5) is 5.69 Å². The number of carbonyl (C=O) groups excluding carboxylic acids is 1. The van der Waals surface area contributed by atoms with E-state index >= 15 is 0 Å². The lowest BCUT2D eigenvalue weighted by atomic mass is 9.93. The highest BCUT2D eigenvalue weighted by Gasteiger charge is 2.27. The topological polar surface area (TPSA) is 52.6 Å². The molecule has 4 heteroatoms. The van der Waals surface area contributed by atoms with Crippen molar-refractivity contribution in [1.29, 1.82) is 0 Å². The molecule has 18 heavy (non-hydrogen) atoms. The maximum absolute atomic E-state index is 12.3. The first-order chi connectivity index (χ1) is 8.76. The molecule has 0 saturated heterocycles. The molecular formula is C14H20N2O2. The van der Waals surface area contributed by atoms with E-state index in [-0.39, 0.29) is 18.4 Å².